The molecule has 0 bridgehead atoms. The average molecular weight is 382 g/mol. The Morgan fingerprint density at radius 3 is 2.50 bits per heavy atom. The summed E-state index contributed by atoms with van der Waals surface area (Å²) in [6, 6.07) is 14.1. The number of nitrogens with one attached hydrogen (secondary N) is 1. The van der Waals surface area contributed by atoms with E-state index in [1.165, 1.54) is 0 Å². The minimum Gasteiger partial charge on any atom is -0.497 e. The van der Waals surface area contributed by atoms with Crippen LogP contribution in [0.2, 0.25) is 0 Å². The first kappa shape index (κ1) is 19.7. The van der Waals surface area contributed by atoms with E-state index in [2.05, 4.69) is 5.32 Å². The molecular formula is C22H26N2O4. The molecule has 0 radical (unpaired) electrons. The van der Waals surface area contributed by atoms with Crippen molar-refractivity contribution in [3.8, 4) is 11.5 Å². The Kier molecular flexibility index (Phi) is 6.89. The number of nitrogens with zero attached hydrogens (tertiary/aromatic N) is 1. The van der Waals surface area contributed by atoms with Crippen LogP contribution in [0.25, 0.3) is 0 Å². The number of methoxy groups -OCH3 is 1. The zero-order chi connectivity index (χ0) is 19.8. The Labute approximate surface area is 165 Å². The van der Waals surface area contributed by atoms with Crippen molar-refractivity contribution in [3.05, 3.63) is 54.1 Å². The first-order chi connectivity index (χ1) is 13.7. The van der Waals surface area contributed by atoms with Crippen LogP contribution in [0.3, 0.4) is 0 Å². The van der Waals surface area contributed by atoms with E-state index in [4.69, 9.17) is 9.47 Å². The van der Waals surface area contributed by atoms with Crippen LogP contribution in [0, 0.1) is 0 Å². The van der Waals surface area contributed by atoms with Gasteiger partial charge in [0.15, 0.2) is 6.61 Å². The molecule has 6 heteroatoms. The second-order valence-electron chi connectivity index (χ2n) is 6.77. The van der Waals surface area contributed by atoms with Crippen LogP contribution in [0.1, 0.15) is 36.0 Å². The van der Waals surface area contributed by atoms with E-state index >= 15 is 0 Å². The van der Waals surface area contributed by atoms with Gasteiger partial charge in [-0.2, -0.15) is 0 Å². The number of ether oxygens (including phenoxy) is 2. The molecule has 0 aromatic heterocycles. The lowest BCUT2D eigenvalue weighted by Gasteiger charge is -2.20. The smallest absolute Gasteiger partial charge is 0.260 e. The van der Waals surface area contributed by atoms with Gasteiger partial charge in [0, 0.05) is 24.8 Å². The molecule has 1 aliphatic heterocycles. The topological polar surface area (TPSA) is 67.9 Å². The summed E-state index contributed by atoms with van der Waals surface area (Å²) in [6.07, 6.45) is 4.40. The highest BCUT2D eigenvalue weighted by Crippen LogP contribution is 2.22. The predicted octanol–water partition coefficient (Wildman–Crippen LogP) is 3.73. The van der Waals surface area contributed by atoms with Crippen LogP contribution < -0.4 is 14.8 Å². The summed E-state index contributed by atoms with van der Waals surface area (Å²) in [6.45, 7) is 1.49. The van der Waals surface area contributed by atoms with Crippen LogP contribution in [0.4, 0.5) is 5.69 Å². The Morgan fingerprint density at radius 2 is 1.75 bits per heavy atom. The van der Waals surface area contributed by atoms with Crippen LogP contribution in [-0.4, -0.2) is 43.5 Å². The van der Waals surface area contributed by atoms with Gasteiger partial charge in [-0.1, -0.05) is 31.0 Å². The number of anilines is 1. The molecule has 2 amide bonds. The Hall–Kier alpha value is -3.02. The molecule has 0 unspecified atom stereocenters. The average Bonchev–Trinajstić information content (AvgIpc) is 3.02. The number of likely N-dealkylation sites (tertiary alicyclic amines) is 1. The number of hydrogen-bond donors (Lipinski definition) is 1. The van der Waals surface area contributed by atoms with Crippen LogP contribution in [-0.2, 0) is 4.79 Å². The fourth-order valence-corrected chi connectivity index (χ4v) is 3.23. The Bertz CT molecular complexity index is 814. The number of para-hydroxylation sites is 1. The van der Waals surface area contributed by atoms with E-state index in [1.807, 2.05) is 4.90 Å². The van der Waals surface area contributed by atoms with Gasteiger partial charge >= 0.3 is 0 Å². The SMILES string of the molecule is COc1cccc(NC(=O)c2ccccc2OCC(=O)N2CCCCCC2)c1. The highest BCUT2D eigenvalue weighted by molar-refractivity contribution is 6.06. The molecule has 1 N–H and O–H groups in total. The summed E-state index contributed by atoms with van der Waals surface area (Å²) in [5, 5.41) is 2.84. The van der Waals surface area contributed by atoms with Crippen LogP contribution >= 0.6 is 0 Å². The quantitative estimate of drug-likeness (QED) is 0.827. The maximum atomic E-state index is 12.7. The third-order valence-corrected chi connectivity index (χ3v) is 4.77. The third kappa shape index (κ3) is 5.25. The molecule has 6 nitrogen and oxygen atoms in total. The molecule has 0 spiro atoms. The fraction of sp³-hybridized carbons (Fsp3) is 0.364. The molecule has 1 heterocycles. The van der Waals surface area contributed by atoms with Crippen molar-refractivity contribution in [2.24, 2.45) is 0 Å². The summed E-state index contributed by atoms with van der Waals surface area (Å²) in [5.74, 6) is 0.715. The molecule has 148 valence electrons. The van der Waals surface area contributed by atoms with Crippen molar-refractivity contribution in [2.45, 2.75) is 25.7 Å². The standard InChI is InChI=1S/C22H26N2O4/c1-27-18-10-8-9-17(15-18)23-22(26)19-11-4-5-12-20(19)28-16-21(25)24-13-6-2-3-7-14-24/h4-5,8-12,15H,2-3,6-7,13-14,16H2,1H3,(H,23,26). The van der Waals surface area contributed by atoms with Crippen molar-refractivity contribution in [1.82, 2.24) is 4.90 Å². The number of rotatable bonds is 6. The van der Waals surface area contributed by atoms with E-state index in [9.17, 15) is 9.59 Å². The minimum absolute atomic E-state index is 0.0371. The molecule has 0 atom stereocenters. The lowest BCUT2D eigenvalue weighted by molar-refractivity contribution is -0.133. The van der Waals surface area contributed by atoms with E-state index in [1.54, 1.807) is 55.6 Å². The number of carbonyl (C=O) groups is 2. The number of benzene rings is 2. The monoisotopic (exact) mass is 382 g/mol. The van der Waals surface area contributed by atoms with Gasteiger partial charge in [0.1, 0.15) is 11.5 Å². The number of carbonyl (C=O) groups excluding carboxylic acids is 2. The highest BCUT2D eigenvalue weighted by atomic mass is 16.5. The van der Waals surface area contributed by atoms with Gasteiger partial charge in [-0.3, -0.25) is 9.59 Å². The molecule has 2 aromatic rings. The van der Waals surface area contributed by atoms with Crippen molar-refractivity contribution in [2.75, 3.05) is 32.1 Å². The second-order valence-corrected chi connectivity index (χ2v) is 6.77. The van der Waals surface area contributed by atoms with Crippen LogP contribution in [0.15, 0.2) is 48.5 Å². The Morgan fingerprint density at radius 1 is 1.00 bits per heavy atom. The van der Waals surface area contributed by atoms with Gasteiger partial charge in [-0.05, 0) is 37.1 Å². The van der Waals surface area contributed by atoms with E-state index < -0.39 is 0 Å². The Balaban J connectivity index is 1.64. The van der Waals surface area contributed by atoms with Gasteiger partial charge in [-0.15, -0.1) is 0 Å². The van der Waals surface area contributed by atoms with Crippen molar-refractivity contribution in [1.29, 1.82) is 0 Å². The maximum Gasteiger partial charge on any atom is 0.260 e. The van der Waals surface area contributed by atoms with E-state index in [-0.39, 0.29) is 18.4 Å². The summed E-state index contributed by atoms with van der Waals surface area (Å²) in [7, 11) is 1.57. The summed E-state index contributed by atoms with van der Waals surface area (Å²) < 4.78 is 10.9. The fourth-order valence-electron chi connectivity index (χ4n) is 3.23. The van der Waals surface area contributed by atoms with Gasteiger partial charge in [0.25, 0.3) is 11.8 Å². The summed E-state index contributed by atoms with van der Waals surface area (Å²) in [5.41, 5.74) is 1.01. The van der Waals surface area contributed by atoms with E-state index in [0.717, 1.165) is 38.8 Å². The first-order valence-corrected chi connectivity index (χ1v) is 9.62. The molecule has 3 rings (SSSR count). The molecule has 28 heavy (non-hydrogen) atoms. The molecule has 2 aromatic carbocycles. The predicted molar refractivity (Wildman–Crippen MR) is 108 cm³/mol. The third-order valence-electron chi connectivity index (χ3n) is 4.77. The lowest BCUT2D eigenvalue weighted by Crippen LogP contribution is -2.35. The zero-order valence-corrected chi connectivity index (χ0v) is 16.1. The highest BCUT2D eigenvalue weighted by Gasteiger charge is 2.18. The van der Waals surface area contributed by atoms with Gasteiger partial charge in [0.05, 0.1) is 12.7 Å². The van der Waals surface area contributed by atoms with E-state index in [0.29, 0.717) is 22.7 Å². The van der Waals surface area contributed by atoms with Gasteiger partial charge < -0.3 is 19.7 Å². The van der Waals surface area contributed by atoms with Crippen molar-refractivity contribution >= 4 is 17.5 Å². The maximum absolute atomic E-state index is 12.7. The second kappa shape index (κ2) is 9.78. The lowest BCUT2D eigenvalue weighted by atomic mass is 10.2. The number of amides is 2. The van der Waals surface area contributed by atoms with Gasteiger partial charge in [0.2, 0.25) is 0 Å². The van der Waals surface area contributed by atoms with Gasteiger partial charge in [-0.25, -0.2) is 0 Å². The first-order valence-electron chi connectivity index (χ1n) is 9.62. The molecule has 1 saturated heterocycles. The summed E-state index contributed by atoms with van der Waals surface area (Å²) >= 11 is 0. The van der Waals surface area contributed by atoms with Crippen LogP contribution in [0.5, 0.6) is 11.5 Å². The normalized spacial score (nSPS) is 14.1. The zero-order valence-electron chi connectivity index (χ0n) is 16.1. The van der Waals surface area contributed by atoms with Crippen molar-refractivity contribution < 1.29 is 19.1 Å². The molecular weight excluding hydrogens is 356 g/mol. The molecule has 0 aliphatic carbocycles. The largest absolute Gasteiger partial charge is 0.497 e. The number of hydrogen-bond acceptors (Lipinski definition) is 4. The minimum atomic E-state index is -0.300. The molecule has 0 saturated carbocycles. The summed E-state index contributed by atoms with van der Waals surface area (Å²) in [4.78, 5) is 27.0. The molecule has 1 aliphatic rings. The molecule has 1 fully saturated rings. The van der Waals surface area contributed by atoms with Crippen molar-refractivity contribution in [3.63, 3.8) is 0 Å².